The van der Waals surface area contributed by atoms with E-state index in [1.165, 1.54) is 11.6 Å². The van der Waals surface area contributed by atoms with Crippen LogP contribution in [0.5, 0.6) is 0 Å². The maximum absolute atomic E-state index is 12.1. The summed E-state index contributed by atoms with van der Waals surface area (Å²) in [6.45, 7) is 16.6. The third kappa shape index (κ3) is 10.1. The summed E-state index contributed by atoms with van der Waals surface area (Å²) in [5.41, 5.74) is 4.15. The number of hydrogen-bond donors (Lipinski definition) is 2. The lowest BCUT2D eigenvalue weighted by molar-refractivity contribution is -0.116. The van der Waals surface area contributed by atoms with Crippen LogP contribution in [0.25, 0.3) is 6.08 Å². The van der Waals surface area contributed by atoms with E-state index in [0.717, 1.165) is 17.4 Å². The Kier molecular flexibility index (Phi) is 9.72. The first-order valence-corrected chi connectivity index (χ1v) is 11.9. The van der Waals surface area contributed by atoms with Crippen molar-refractivity contribution in [1.29, 1.82) is 0 Å². The molecule has 0 spiro atoms. The first-order valence-electron chi connectivity index (χ1n) is 10.1. The Labute approximate surface area is 187 Å². The molecule has 0 bridgehead atoms. The van der Waals surface area contributed by atoms with Crippen molar-refractivity contribution < 1.29 is 13.2 Å². The average molecular weight is 443 g/mol. The minimum absolute atomic E-state index is 0.0752. The van der Waals surface area contributed by atoms with Crippen LogP contribution in [0.2, 0.25) is 0 Å². The van der Waals surface area contributed by atoms with Crippen molar-refractivity contribution in [3.63, 3.8) is 0 Å². The molecule has 0 aliphatic heterocycles. The van der Waals surface area contributed by atoms with Crippen LogP contribution in [0.1, 0.15) is 45.2 Å². The Balaban J connectivity index is 2.61. The lowest BCUT2D eigenvalue weighted by Gasteiger charge is -2.19. The smallest absolute Gasteiger partial charge is 0.243 e. The second-order valence-corrected chi connectivity index (χ2v) is 10.1. The lowest BCUT2D eigenvalue weighted by atomic mass is 9.86. The summed E-state index contributed by atoms with van der Waals surface area (Å²) in [6, 6.07) is 5.19. The molecule has 5 nitrogen and oxygen atoms in total. The van der Waals surface area contributed by atoms with Crippen molar-refractivity contribution in [3.8, 4) is 0 Å². The van der Waals surface area contributed by atoms with Gasteiger partial charge in [-0.15, -0.1) is 0 Å². The molecule has 168 valence electrons. The van der Waals surface area contributed by atoms with E-state index in [1.54, 1.807) is 30.4 Å². The van der Waals surface area contributed by atoms with Gasteiger partial charge in [0.1, 0.15) is 0 Å². The molecule has 0 unspecified atom stereocenters. The van der Waals surface area contributed by atoms with Crippen molar-refractivity contribution in [2.75, 3.05) is 11.0 Å². The number of carbonyl (C=O) groups excluding carboxylic acids is 1. The third-order valence-corrected chi connectivity index (χ3v) is 5.01. The highest BCUT2D eigenvalue weighted by molar-refractivity contribution is 7.92. The summed E-state index contributed by atoms with van der Waals surface area (Å²) in [5, 5.41) is 2.82. The molecule has 1 aromatic carbocycles. The number of allylic oxidation sites excluding steroid dienone is 6. The van der Waals surface area contributed by atoms with E-state index in [4.69, 9.17) is 0 Å². The number of anilines is 1. The number of amides is 1. The van der Waals surface area contributed by atoms with Gasteiger partial charge in [0.2, 0.25) is 15.9 Å². The van der Waals surface area contributed by atoms with Crippen molar-refractivity contribution in [2.45, 2.75) is 40.7 Å². The second-order valence-electron chi connectivity index (χ2n) is 8.31. The van der Waals surface area contributed by atoms with E-state index in [-0.39, 0.29) is 11.3 Å². The summed E-state index contributed by atoms with van der Waals surface area (Å²) in [7, 11) is -3.38. The second kappa shape index (κ2) is 11.5. The molecule has 0 saturated carbocycles. The third-order valence-electron chi connectivity index (χ3n) is 4.42. The van der Waals surface area contributed by atoms with Crippen molar-refractivity contribution in [1.82, 2.24) is 5.32 Å². The van der Waals surface area contributed by atoms with Gasteiger partial charge in [0, 0.05) is 6.54 Å². The molecule has 1 aromatic rings. The number of carbonyl (C=O) groups is 1. The molecule has 0 aliphatic rings. The van der Waals surface area contributed by atoms with Crippen LogP contribution >= 0.6 is 0 Å². The van der Waals surface area contributed by atoms with Gasteiger partial charge in [-0.3, -0.25) is 9.52 Å². The molecule has 2 N–H and O–H groups in total. The quantitative estimate of drug-likeness (QED) is 0.378. The predicted molar refractivity (Wildman–Crippen MR) is 132 cm³/mol. The topological polar surface area (TPSA) is 75.3 Å². The maximum atomic E-state index is 12.1. The Hall–Kier alpha value is -2.86. The predicted octanol–water partition coefficient (Wildman–Crippen LogP) is 5.37. The van der Waals surface area contributed by atoms with Crippen LogP contribution in [-0.2, 0) is 21.4 Å². The zero-order valence-electron chi connectivity index (χ0n) is 19.2. The van der Waals surface area contributed by atoms with E-state index in [0.29, 0.717) is 24.2 Å². The van der Waals surface area contributed by atoms with Crippen molar-refractivity contribution >= 4 is 27.7 Å². The number of sulfonamides is 1. The largest absolute Gasteiger partial charge is 0.348 e. The first kappa shape index (κ1) is 26.2. The number of hydrogen-bond acceptors (Lipinski definition) is 3. The summed E-state index contributed by atoms with van der Waals surface area (Å²) >= 11 is 0. The van der Waals surface area contributed by atoms with Gasteiger partial charge < -0.3 is 5.32 Å². The van der Waals surface area contributed by atoms with Gasteiger partial charge in [0.25, 0.3) is 0 Å². The molecular weight excluding hydrogens is 408 g/mol. The highest BCUT2D eigenvalue weighted by Gasteiger charge is 2.13. The Bertz CT molecular complexity index is 1010. The van der Waals surface area contributed by atoms with Gasteiger partial charge in [-0.1, -0.05) is 75.9 Å². The molecule has 0 heterocycles. The number of nitrogens with one attached hydrogen (secondary N) is 2. The zero-order valence-corrected chi connectivity index (χ0v) is 20.0. The fourth-order valence-corrected chi connectivity index (χ4v) is 3.39. The van der Waals surface area contributed by atoms with Gasteiger partial charge in [0.15, 0.2) is 0 Å². The molecule has 1 rings (SSSR count). The van der Waals surface area contributed by atoms with E-state index in [9.17, 15) is 13.2 Å². The van der Waals surface area contributed by atoms with Crippen molar-refractivity contribution in [3.05, 3.63) is 84.0 Å². The lowest BCUT2D eigenvalue weighted by Crippen LogP contribution is -2.20. The minimum Gasteiger partial charge on any atom is -0.348 e. The molecule has 0 saturated heterocycles. The Morgan fingerprint density at radius 2 is 1.84 bits per heavy atom. The average Bonchev–Trinajstić information content (AvgIpc) is 2.65. The van der Waals surface area contributed by atoms with E-state index >= 15 is 0 Å². The van der Waals surface area contributed by atoms with Gasteiger partial charge in [-0.2, -0.15) is 0 Å². The normalized spacial score (nSPS) is 12.9. The number of benzene rings is 1. The molecule has 0 aliphatic carbocycles. The van der Waals surface area contributed by atoms with Crippen LogP contribution < -0.4 is 10.0 Å². The monoisotopic (exact) mass is 442 g/mol. The summed E-state index contributed by atoms with van der Waals surface area (Å²) in [6.07, 6.45) is 12.6. The molecule has 6 heteroatoms. The fourth-order valence-electron chi connectivity index (χ4n) is 2.80. The van der Waals surface area contributed by atoms with Crippen LogP contribution in [-0.4, -0.2) is 20.6 Å². The van der Waals surface area contributed by atoms with Crippen LogP contribution in [0.3, 0.4) is 0 Å². The number of rotatable bonds is 10. The highest BCUT2D eigenvalue weighted by Crippen LogP contribution is 2.26. The van der Waals surface area contributed by atoms with Crippen LogP contribution in [0.15, 0.2) is 72.9 Å². The molecule has 31 heavy (non-hydrogen) atoms. The SMILES string of the molecule is C=Cc1cc(CNC(=O)/C=C\CC(=C)/C=C\C(=C/C)C(C)(C)C)ccc1NS(C)(=O)=O. The first-order chi connectivity index (χ1) is 14.4. The standard InChI is InChI=1S/C25H34N2O3S/c1-8-21-17-20(14-16-23(21)27-31(7,29)30)18-26-24(28)12-10-11-19(3)13-15-22(9-2)25(4,5)6/h8-10,12-17,27H,1,3,11,18H2,2,4-7H3,(H,26,28)/b12-10-,15-13-,22-9+. The highest BCUT2D eigenvalue weighted by atomic mass is 32.2. The fraction of sp³-hybridized carbons (Fsp3) is 0.320. The molecule has 0 radical (unpaired) electrons. The van der Waals surface area contributed by atoms with E-state index < -0.39 is 10.0 Å². The minimum atomic E-state index is -3.38. The zero-order chi connectivity index (χ0) is 23.7. The molecule has 0 aromatic heterocycles. The van der Waals surface area contributed by atoms with Crippen molar-refractivity contribution in [2.24, 2.45) is 5.41 Å². The summed E-state index contributed by atoms with van der Waals surface area (Å²) in [5.74, 6) is -0.209. The van der Waals surface area contributed by atoms with Crippen LogP contribution in [0.4, 0.5) is 5.69 Å². The van der Waals surface area contributed by atoms with E-state index in [1.807, 2.05) is 13.0 Å². The summed E-state index contributed by atoms with van der Waals surface area (Å²) < 4.78 is 25.3. The van der Waals surface area contributed by atoms with Gasteiger partial charge in [0.05, 0.1) is 11.9 Å². The molecule has 0 fully saturated rings. The van der Waals surface area contributed by atoms with Gasteiger partial charge >= 0.3 is 0 Å². The summed E-state index contributed by atoms with van der Waals surface area (Å²) in [4.78, 5) is 12.1. The van der Waals surface area contributed by atoms with Crippen LogP contribution in [0, 0.1) is 5.41 Å². The van der Waals surface area contributed by atoms with E-state index in [2.05, 4.69) is 56.1 Å². The molecular formula is C25H34N2O3S. The Morgan fingerprint density at radius 1 is 1.16 bits per heavy atom. The van der Waals surface area contributed by atoms with Gasteiger partial charge in [-0.05, 0) is 53.7 Å². The molecule has 1 amide bonds. The Morgan fingerprint density at radius 3 is 2.39 bits per heavy atom. The maximum Gasteiger partial charge on any atom is 0.243 e. The molecule has 0 atom stereocenters. The van der Waals surface area contributed by atoms with Gasteiger partial charge in [-0.25, -0.2) is 8.42 Å².